The largest absolute Gasteiger partial charge is 0.362 e. The summed E-state index contributed by atoms with van der Waals surface area (Å²) in [6.45, 7) is 12.2. The van der Waals surface area contributed by atoms with Crippen molar-refractivity contribution in [2.75, 3.05) is 12.3 Å². The normalized spacial score (nSPS) is 30.3. The van der Waals surface area contributed by atoms with Crippen molar-refractivity contribution in [3.8, 4) is 0 Å². The zero-order valence-corrected chi connectivity index (χ0v) is 11.4. The Morgan fingerprint density at radius 1 is 1.47 bits per heavy atom. The molecule has 0 spiro atoms. The number of nitrogens with zero attached hydrogens (tertiary/aromatic N) is 1. The van der Waals surface area contributed by atoms with Gasteiger partial charge in [0.05, 0.1) is 0 Å². The van der Waals surface area contributed by atoms with Crippen molar-refractivity contribution in [1.82, 2.24) is 5.32 Å². The Bertz CT molecular complexity index is 236. The molecule has 1 heterocycles. The molecule has 1 saturated heterocycles. The van der Waals surface area contributed by atoms with E-state index in [1.54, 1.807) is 0 Å². The van der Waals surface area contributed by atoms with Gasteiger partial charge in [0.2, 0.25) is 0 Å². The van der Waals surface area contributed by atoms with Crippen LogP contribution in [0.5, 0.6) is 0 Å². The van der Waals surface area contributed by atoms with E-state index < -0.39 is 0 Å². The fourth-order valence-corrected chi connectivity index (χ4v) is 2.36. The summed E-state index contributed by atoms with van der Waals surface area (Å²) in [7, 11) is 0. The first-order chi connectivity index (χ1) is 6.94. The molecule has 1 aliphatic rings. The Balaban J connectivity index is 2.48. The van der Waals surface area contributed by atoms with Gasteiger partial charge in [0, 0.05) is 18.3 Å². The molecule has 0 aromatic carbocycles. The molecule has 1 N–H and O–H groups in total. The number of nitrogens with one attached hydrogen (secondary N) is 1. The van der Waals surface area contributed by atoms with Crippen LogP contribution in [-0.2, 0) is 0 Å². The predicted octanol–water partition coefficient (Wildman–Crippen LogP) is 3.14. The van der Waals surface area contributed by atoms with Crippen LogP contribution in [0, 0.1) is 11.3 Å². The molecule has 0 radical (unpaired) electrons. The molecular weight excluding hydrogens is 204 g/mol. The SMILES string of the molecule is CCC(C)(C)CN=C1NC(C)C(C)CS1. The first-order valence-corrected chi connectivity index (χ1v) is 6.87. The van der Waals surface area contributed by atoms with Gasteiger partial charge < -0.3 is 5.32 Å². The Hall–Kier alpha value is -0.180. The molecule has 1 aliphatic heterocycles. The van der Waals surface area contributed by atoms with Gasteiger partial charge in [-0.3, -0.25) is 4.99 Å². The van der Waals surface area contributed by atoms with E-state index in [4.69, 9.17) is 0 Å². The Morgan fingerprint density at radius 2 is 2.13 bits per heavy atom. The second-order valence-electron chi connectivity index (χ2n) is 5.36. The summed E-state index contributed by atoms with van der Waals surface area (Å²) in [5, 5.41) is 4.62. The standard InChI is InChI=1S/C12H24N2S/c1-6-12(4,5)8-13-11-14-10(3)9(2)7-15-11/h9-10H,6-8H2,1-5H3,(H,13,14). The third-order valence-corrected chi connectivity index (χ3v) is 4.51. The van der Waals surface area contributed by atoms with E-state index >= 15 is 0 Å². The molecule has 15 heavy (non-hydrogen) atoms. The average Bonchev–Trinajstić information content (AvgIpc) is 2.20. The molecule has 0 aromatic heterocycles. The second kappa shape index (κ2) is 5.24. The van der Waals surface area contributed by atoms with Crippen LogP contribution in [0.4, 0.5) is 0 Å². The van der Waals surface area contributed by atoms with Gasteiger partial charge in [-0.1, -0.05) is 39.5 Å². The van der Waals surface area contributed by atoms with E-state index in [1.165, 1.54) is 12.2 Å². The summed E-state index contributed by atoms with van der Waals surface area (Å²) in [6, 6.07) is 0.565. The molecule has 1 fully saturated rings. The summed E-state index contributed by atoms with van der Waals surface area (Å²) in [5.74, 6) is 1.94. The van der Waals surface area contributed by atoms with E-state index in [0.29, 0.717) is 11.5 Å². The molecule has 2 nitrogen and oxygen atoms in total. The van der Waals surface area contributed by atoms with Crippen molar-refractivity contribution in [2.45, 2.75) is 47.1 Å². The Labute approximate surface area is 98.3 Å². The highest BCUT2D eigenvalue weighted by Gasteiger charge is 2.21. The molecule has 1 rings (SSSR count). The maximum absolute atomic E-state index is 4.68. The molecule has 2 atom stereocenters. The summed E-state index contributed by atoms with van der Waals surface area (Å²) >= 11 is 1.87. The van der Waals surface area contributed by atoms with Crippen molar-refractivity contribution in [2.24, 2.45) is 16.3 Å². The zero-order chi connectivity index (χ0) is 11.5. The number of rotatable bonds is 3. The van der Waals surface area contributed by atoms with Crippen molar-refractivity contribution in [3.63, 3.8) is 0 Å². The van der Waals surface area contributed by atoms with Gasteiger partial charge >= 0.3 is 0 Å². The van der Waals surface area contributed by atoms with Crippen molar-refractivity contribution in [1.29, 1.82) is 0 Å². The maximum atomic E-state index is 4.68. The molecular formula is C12H24N2S. The second-order valence-corrected chi connectivity index (χ2v) is 6.37. The van der Waals surface area contributed by atoms with Crippen LogP contribution in [0.25, 0.3) is 0 Å². The van der Waals surface area contributed by atoms with Gasteiger partial charge in [-0.25, -0.2) is 0 Å². The minimum Gasteiger partial charge on any atom is -0.362 e. The van der Waals surface area contributed by atoms with Crippen molar-refractivity contribution < 1.29 is 0 Å². The van der Waals surface area contributed by atoms with E-state index in [-0.39, 0.29) is 0 Å². The molecule has 3 heteroatoms. The van der Waals surface area contributed by atoms with E-state index in [9.17, 15) is 0 Å². The molecule has 0 amide bonds. The first-order valence-electron chi connectivity index (χ1n) is 5.88. The van der Waals surface area contributed by atoms with Gasteiger partial charge in [-0.2, -0.15) is 0 Å². The van der Waals surface area contributed by atoms with Crippen molar-refractivity contribution >= 4 is 16.9 Å². The summed E-state index contributed by atoms with van der Waals surface area (Å²) < 4.78 is 0. The monoisotopic (exact) mass is 228 g/mol. The fourth-order valence-electron chi connectivity index (χ4n) is 1.22. The highest BCUT2D eigenvalue weighted by atomic mass is 32.2. The first kappa shape index (κ1) is 12.9. The third-order valence-electron chi connectivity index (χ3n) is 3.30. The zero-order valence-electron chi connectivity index (χ0n) is 10.6. The fraction of sp³-hybridized carbons (Fsp3) is 0.917. The van der Waals surface area contributed by atoms with Crippen LogP contribution in [0.2, 0.25) is 0 Å². The molecule has 0 bridgehead atoms. The number of thioether (sulfide) groups is 1. The molecule has 0 aliphatic carbocycles. The van der Waals surface area contributed by atoms with E-state index in [1.807, 2.05) is 11.8 Å². The smallest absolute Gasteiger partial charge is 0.156 e. The van der Waals surface area contributed by atoms with Crippen LogP contribution in [-0.4, -0.2) is 23.5 Å². The lowest BCUT2D eigenvalue weighted by molar-refractivity contribution is 0.365. The summed E-state index contributed by atoms with van der Waals surface area (Å²) in [4.78, 5) is 4.68. The summed E-state index contributed by atoms with van der Waals surface area (Å²) in [6.07, 6.45) is 1.18. The maximum Gasteiger partial charge on any atom is 0.156 e. The van der Waals surface area contributed by atoms with Gasteiger partial charge in [0.25, 0.3) is 0 Å². The minimum absolute atomic E-state index is 0.335. The van der Waals surface area contributed by atoms with Crippen LogP contribution in [0.15, 0.2) is 4.99 Å². The lowest BCUT2D eigenvalue weighted by Crippen LogP contribution is -2.41. The number of amidine groups is 1. The Morgan fingerprint density at radius 3 is 2.67 bits per heavy atom. The molecule has 88 valence electrons. The van der Waals surface area contributed by atoms with Gasteiger partial charge in [-0.15, -0.1) is 0 Å². The van der Waals surface area contributed by atoms with Gasteiger partial charge in [0.15, 0.2) is 5.17 Å². The highest BCUT2D eigenvalue weighted by molar-refractivity contribution is 8.13. The molecule has 0 aromatic rings. The van der Waals surface area contributed by atoms with Crippen LogP contribution in [0.3, 0.4) is 0 Å². The lowest BCUT2D eigenvalue weighted by Gasteiger charge is -2.29. The lowest BCUT2D eigenvalue weighted by atomic mass is 9.91. The van der Waals surface area contributed by atoms with Gasteiger partial charge in [0.1, 0.15) is 0 Å². The average molecular weight is 228 g/mol. The summed E-state index contributed by atoms with van der Waals surface area (Å²) in [5.41, 5.74) is 0.335. The van der Waals surface area contributed by atoms with E-state index in [2.05, 4.69) is 44.9 Å². The van der Waals surface area contributed by atoms with Gasteiger partial charge in [-0.05, 0) is 24.7 Å². The topological polar surface area (TPSA) is 24.4 Å². The van der Waals surface area contributed by atoms with Crippen molar-refractivity contribution in [3.05, 3.63) is 0 Å². The van der Waals surface area contributed by atoms with Crippen LogP contribution >= 0.6 is 11.8 Å². The molecule has 2 unspecified atom stereocenters. The van der Waals surface area contributed by atoms with Crippen LogP contribution in [0.1, 0.15) is 41.0 Å². The van der Waals surface area contributed by atoms with E-state index in [0.717, 1.165) is 17.6 Å². The number of hydrogen-bond acceptors (Lipinski definition) is 2. The molecule has 0 saturated carbocycles. The minimum atomic E-state index is 0.335. The quantitative estimate of drug-likeness (QED) is 0.802. The highest BCUT2D eigenvalue weighted by Crippen LogP contribution is 2.23. The number of aliphatic imine (C=N–C) groups is 1. The Kier molecular flexibility index (Phi) is 4.50. The number of hydrogen-bond donors (Lipinski definition) is 1. The van der Waals surface area contributed by atoms with Crippen LogP contribution < -0.4 is 5.32 Å². The third kappa shape index (κ3) is 4.06. The predicted molar refractivity (Wildman–Crippen MR) is 70.6 cm³/mol.